The standard InChI is InChI=1S/C16H23N5O/c1-19(2)16(22)9-13-3-6-20(7-4-13)12-14-10-18-15-11-17-5-8-21(14)15/h5,8,10-11,13H,3-4,6-7,9,12H2,1-2H3. The summed E-state index contributed by atoms with van der Waals surface area (Å²) in [5.41, 5.74) is 2.09. The van der Waals surface area contributed by atoms with Gasteiger partial charge >= 0.3 is 0 Å². The van der Waals surface area contributed by atoms with E-state index >= 15 is 0 Å². The maximum atomic E-state index is 11.8. The molecule has 1 aliphatic rings. The fourth-order valence-corrected chi connectivity index (χ4v) is 3.02. The molecule has 2 aromatic rings. The second-order valence-corrected chi connectivity index (χ2v) is 6.27. The molecule has 0 unspecified atom stereocenters. The first-order valence-electron chi connectivity index (χ1n) is 7.82. The number of carbonyl (C=O) groups is 1. The van der Waals surface area contributed by atoms with Crippen LogP contribution in [0.5, 0.6) is 0 Å². The first-order valence-corrected chi connectivity index (χ1v) is 7.82. The van der Waals surface area contributed by atoms with E-state index in [1.165, 1.54) is 5.69 Å². The number of fused-ring (bicyclic) bond motifs is 1. The van der Waals surface area contributed by atoms with Gasteiger partial charge in [0.25, 0.3) is 0 Å². The number of hydrogen-bond donors (Lipinski definition) is 0. The van der Waals surface area contributed by atoms with Gasteiger partial charge in [-0.15, -0.1) is 0 Å². The average Bonchev–Trinajstić information content (AvgIpc) is 2.92. The van der Waals surface area contributed by atoms with E-state index in [-0.39, 0.29) is 5.91 Å². The Balaban J connectivity index is 1.55. The van der Waals surface area contributed by atoms with Crippen molar-refractivity contribution < 1.29 is 4.79 Å². The van der Waals surface area contributed by atoms with E-state index in [4.69, 9.17) is 0 Å². The van der Waals surface area contributed by atoms with Gasteiger partial charge in [-0.3, -0.25) is 19.1 Å². The lowest BCUT2D eigenvalue weighted by molar-refractivity contribution is -0.130. The Morgan fingerprint density at radius 1 is 1.32 bits per heavy atom. The van der Waals surface area contributed by atoms with Gasteiger partial charge < -0.3 is 4.90 Å². The van der Waals surface area contributed by atoms with Crippen molar-refractivity contribution in [3.05, 3.63) is 30.5 Å². The number of likely N-dealkylation sites (tertiary alicyclic amines) is 1. The van der Waals surface area contributed by atoms with Crippen molar-refractivity contribution in [3.63, 3.8) is 0 Å². The second-order valence-electron chi connectivity index (χ2n) is 6.27. The van der Waals surface area contributed by atoms with E-state index in [1.54, 1.807) is 17.3 Å². The summed E-state index contributed by atoms with van der Waals surface area (Å²) in [6.07, 6.45) is 10.3. The number of hydrogen-bond acceptors (Lipinski definition) is 4. The Morgan fingerprint density at radius 3 is 2.82 bits per heavy atom. The molecule has 0 atom stereocenters. The minimum absolute atomic E-state index is 0.243. The summed E-state index contributed by atoms with van der Waals surface area (Å²) in [6.45, 7) is 2.99. The summed E-state index contributed by atoms with van der Waals surface area (Å²) in [7, 11) is 3.66. The SMILES string of the molecule is CN(C)C(=O)CC1CCN(Cc2cnc3cnccn23)CC1. The van der Waals surface area contributed by atoms with E-state index in [2.05, 4.69) is 19.3 Å². The van der Waals surface area contributed by atoms with Gasteiger partial charge in [0.05, 0.1) is 18.1 Å². The van der Waals surface area contributed by atoms with Gasteiger partial charge in [0, 0.05) is 39.5 Å². The number of piperidine rings is 1. The van der Waals surface area contributed by atoms with Gasteiger partial charge in [0.1, 0.15) is 0 Å². The van der Waals surface area contributed by atoms with Crippen molar-refractivity contribution in [2.45, 2.75) is 25.8 Å². The fraction of sp³-hybridized carbons (Fsp3) is 0.562. The normalized spacial score (nSPS) is 17.0. The molecule has 0 saturated carbocycles. The lowest BCUT2D eigenvalue weighted by Gasteiger charge is -2.31. The Kier molecular flexibility index (Phi) is 4.38. The van der Waals surface area contributed by atoms with Gasteiger partial charge in [0.2, 0.25) is 5.91 Å². The van der Waals surface area contributed by atoms with Crippen LogP contribution in [-0.2, 0) is 11.3 Å². The maximum absolute atomic E-state index is 11.8. The zero-order chi connectivity index (χ0) is 15.5. The van der Waals surface area contributed by atoms with E-state index in [0.29, 0.717) is 12.3 Å². The molecule has 1 amide bonds. The highest BCUT2D eigenvalue weighted by atomic mass is 16.2. The van der Waals surface area contributed by atoms with Crippen LogP contribution in [0.2, 0.25) is 0 Å². The van der Waals surface area contributed by atoms with Crippen LogP contribution in [0.1, 0.15) is 25.0 Å². The number of rotatable bonds is 4. The fourth-order valence-electron chi connectivity index (χ4n) is 3.02. The van der Waals surface area contributed by atoms with E-state index in [9.17, 15) is 4.79 Å². The van der Waals surface area contributed by atoms with Crippen molar-refractivity contribution in [2.75, 3.05) is 27.2 Å². The summed E-state index contributed by atoms with van der Waals surface area (Å²) < 4.78 is 2.09. The summed E-state index contributed by atoms with van der Waals surface area (Å²) in [5, 5.41) is 0. The molecule has 0 aliphatic carbocycles. The molecule has 0 radical (unpaired) electrons. The number of aromatic nitrogens is 3. The predicted octanol–water partition coefficient (Wildman–Crippen LogP) is 1.42. The zero-order valence-electron chi connectivity index (χ0n) is 13.3. The summed E-state index contributed by atoms with van der Waals surface area (Å²) >= 11 is 0. The van der Waals surface area contributed by atoms with Crippen LogP contribution in [0.3, 0.4) is 0 Å². The Hall–Kier alpha value is -1.95. The maximum Gasteiger partial charge on any atom is 0.222 e. The number of carbonyl (C=O) groups excluding carboxylic acids is 1. The van der Waals surface area contributed by atoms with Gasteiger partial charge in [0.15, 0.2) is 5.65 Å². The highest BCUT2D eigenvalue weighted by Gasteiger charge is 2.22. The monoisotopic (exact) mass is 301 g/mol. The molecule has 0 aromatic carbocycles. The molecule has 2 aromatic heterocycles. The van der Waals surface area contributed by atoms with Gasteiger partial charge in [-0.1, -0.05) is 0 Å². The van der Waals surface area contributed by atoms with Gasteiger partial charge in [-0.25, -0.2) is 4.98 Å². The van der Waals surface area contributed by atoms with Crippen molar-refractivity contribution >= 4 is 11.6 Å². The lowest BCUT2D eigenvalue weighted by atomic mass is 9.93. The van der Waals surface area contributed by atoms with Crippen LogP contribution >= 0.6 is 0 Å². The van der Waals surface area contributed by atoms with Gasteiger partial charge in [-0.05, 0) is 31.8 Å². The molecule has 3 heterocycles. The highest BCUT2D eigenvalue weighted by Crippen LogP contribution is 2.22. The molecule has 118 valence electrons. The average molecular weight is 301 g/mol. The van der Waals surface area contributed by atoms with E-state index in [1.807, 2.05) is 26.5 Å². The van der Waals surface area contributed by atoms with Crippen molar-refractivity contribution in [1.82, 2.24) is 24.2 Å². The Bertz CT molecular complexity index is 643. The quantitative estimate of drug-likeness (QED) is 0.857. The molecule has 0 N–H and O–H groups in total. The predicted molar refractivity (Wildman–Crippen MR) is 84.3 cm³/mol. The second kappa shape index (κ2) is 6.44. The molecule has 6 nitrogen and oxygen atoms in total. The van der Waals surface area contributed by atoms with E-state index < -0.39 is 0 Å². The van der Waals surface area contributed by atoms with Gasteiger partial charge in [-0.2, -0.15) is 0 Å². The Labute approximate surface area is 130 Å². The van der Waals surface area contributed by atoms with Crippen LogP contribution in [0.4, 0.5) is 0 Å². The topological polar surface area (TPSA) is 53.7 Å². The smallest absolute Gasteiger partial charge is 0.222 e. The van der Waals surface area contributed by atoms with Crippen molar-refractivity contribution in [1.29, 1.82) is 0 Å². The number of nitrogens with zero attached hydrogens (tertiary/aromatic N) is 5. The third kappa shape index (κ3) is 3.27. The molecule has 22 heavy (non-hydrogen) atoms. The first kappa shape index (κ1) is 15.0. The van der Waals surface area contributed by atoms with Crippen LogP contribution < -0.4 is 0 Å². The summed E-state index contributed by atoms with van der Waals surface area (Å²) in [4.78, 5) is 24.4. The summed E-state index contributed by atoms with van der Waals surface area (Å²) in [5.74, 6) is 0.769. The molecule has 0 bridgehead atoms. The zero-order valence-corrected chi connectivity index (χ0v) is 13.3. The molecular weight excluding hydrogens is 278 g/mol. The van der Waals surface area contributed by atoms with Crippen LogP contribution in [-0.4, -0.2) is 57.3 Å². The van der Waals surface area contributed by atoms with Crippen LogP contribution in [0.25, 0.3) is 5.65 Å². The molecule has 6 heteroatoms. The molecule has 1 fully saturated rings. The molecule has 3 rings (SSSR count). The van der Waals surface area contributed by atoms with E-state index in [0.717, 1.165) is 38.1 Å². The number of imidazole rings is 1. The van der Waals surface area contributed by atoms with Crippen molar-refractivity contribution in [2.24, 2.45) is 5.92 Å². The minimum Gasteiger partial charge on any atom is -0.349 e. The molecule has 0 spiro atoms. The third-order valence-corrected chi connectivity index (χ3v) is 4.45. The van der Waals surface area contributed by atoms with Crippen LogP contribution in [0, 0.1) is 5.92 Å². The minimum atomic E-state index is 0.243. The largest absolute Gasteiger partial charge is 0.349 e. The lowest BCUT2D eigenvalue weighted by Crippen LogP contribution is -2.35. The van der Waals surface area contributed by atoms with Crippen molar-refractivity contribution in [3.8, 4) is 0 Å². The number of amides is 1. The third-order valence-electron chi connectivity index (χ3n) is 4.45. The van der Waals surface area contributed by atoms with Crippen LogP contribution in [0.15, 0.2) is 24.8 Å². The first-order chi connectivity index (χ1) is 10.6. The molecule has 1 aliphatic heterocycles. The summed E-state index contributed by atoms with van der Waals surface area (Å²) in [6, 6.07) is 0. The molecule has 1 saturated heterocycles. The highest BCUT2D eigenvalue weighted by molar-refractivity contribution is 5.75. The Morgan fingerprint density at radius 2 is 2.09 bits per heavy atom. The molecular formula is C16H23N5O.